The molecule has 1 aromatic heterocycles. The van der Waals surface area contributed by atoms with Gasteiger partial charge in [-0.15, -0.1) is 5.10 Å². The maximum Gasteiger partial charge on any atom is 0.387 e. The lowest BCUT2D eigenvalue weighted by atomic mass is 10.2. The minimum Gasteiger partial charge on any atom is -0.493 e. The molecule has 0 saturated heterocycles. The van der Waals surface area contributed by atoms with E-state index in [1.54, 1.807) is 16.8 Å². The molecule has 0 amide bonds. The van der Waals surface area contributed by atoms with Crippen LogP contribution in [0.5, 0.6) is 11.5 Å². The fraction of sp³-hybridized carbons (Fsp3) is 0.385. The summed E-state index contributed by atoms with van der Waals surface area (Å²) >= 11 is 3.34. The zero-order valence-corrected chi connectivity index (χ0v) is 12.9. The van der Waals surface area contributed by atoms with Gasteiger partial charge in [0.1, 0.15) is 0 Å². The van der Waals surface area contributed by atoms with Gasteiger partial charge in [-0.3, -0.25) is 0 Å². The lowest BCUT2D eigenvalue weighted by molar-refractivity contribution is -0.0512. The minimum atomic E-state index is -2.88. The Bertz CT molecular complexity index is 593. The van der Waals surface area contributed by atoms with Crippen molar-refractivity contribution in [1.82, 2.24) is 15.0 Å². The summed E-state index contributed by atoms with van der Waals surface area (Å²) in [4.78, 5) is 0. The molecular formula is C13H14BrF2N3O2. The van der Waals surface area contributed by atoms with Crippen LogP contribution in [-0.4, -0.2) is 34.0 Å². The van der Waals surface area contributed by atoms with E-state index in [9.17, 15) is 8.78 Å². The van der Waals surface area contributed by atoms with Crippen molar-refractivity contribution in [2.75, 3.05) is 12.4 Å². The lowest BCUT2D eigenvalue weighted by Crippen LogP contribution is -2.05. The number of aryl methyl sites for hydroxylation is 1. The van der Waals surface area contributed by atoms with Crippen molar-refractivity contribution in [3.8, 4) is 11.5 Å². The number of halogens is 3. The molecule has 0 aliphatic heterocycles. The number of ether oxygens (including phenoxy) is 2. The lowest BCUT2D eigenvalue weighted by Gasteiger charge is -2.11. The van der Waals surface area contributed by atoms with Crippen LogP contribution < -0.4 is 9.47 Å². The van der Waals surface area contributed by atoms with E-state index in [2.05, 4.69) is 31.0 Å². The third kappa shape index (κ3) is 4.38. The van der Waals surface area contributed by atoms with Crippen LogP contribution in [0.1, 0.15) is 11.3 Å². The number of hydrogen-bond donors (Lipinski definition) is 0. The van der Waals surface area contributed by atoms with Gasteiger partial charge in [0, 0.05) is 17.9 Å². The Hall–Kier alpha value is -1.70. The van der Waals surface area contributed by atoms with Gasteiger partial charge in [0.15, 0.2) is 11.5 Å². The molecule has 0 saturated carbocycles. The molecule has 0 N–H and O–H groups in total. The summed E-state index contributed by atoms with van der Waals surface area (Å²) < 4.78 is 35.6. The predicted molar refractivity (Wildman–Crippen MR) is 76.2 cm³/mol. The maximum atomic E-state index is 12.3. The minimum absolute atomic E-state index is 0.00909. The summed E-state index contributed by atoms with van der Waals surface area (Å²) in [5.41, 5.74) is 1.74. The van der Waals surface area contributed by atoms with Crippen LogP contribution in [0.2, 0.25) is 0 Å². The van der Waals surface area contributed by atoms with Crippen molar-refractivity contribution < 1.29 is 18.3 Å². The van der Waals surface area contributed by atoms with E-state index in [1.165, 1.54) is 13.2 Å². The second-order valence-electron chi connectivity index (χ2n) is 4.21. The van der Waals surface area contributed by atoms with Gasteiger partial charge in [-0.1, -0.05) is 27.2 Å². The summed E-state index contributed by atoms with van der Waals surface area (Å²) in [5, 5.41) is 8.86. The Kier molecular flexibility index (Phi) is 5.49. The number of aromatic nitrogens is 3. The van der Waals surface area contributed by atoms with E-state index in [1.807, 2.05) is 6.20 Å². The summed E-state index contributed by atoms with van der Waals surface area (Å²) in [6.45, 7) is -2.41. The number of nitrogens with zero attached hydrogens (tertiary/aromatic N) is 3. The number of rotatable bonds is 7. The van der Waals surface area contributed by atoms with Gasteiger partial charge in [-0.2, -0.15) is 8.78 Å². The third-order valence-corrected chi connectivity index (χ3v) is 3.12. The van der Waals surface area contributed by atoms with Gasteiger partial charge < -0.3 is 9.47 Å². The normalized spacial score (nSPS) is 10.9. The smallest absolute Gasteiger partial charge is 0.387 e. The summed E-state index contributed by atoms with van der Waals surface area (Å²) in [5.74, 6) is 0.267. The highest BCUT2D eigenvalue weighted by molar-refractivity contribution is 9.09. The van der Waals surface area contributed by atoms with Gasteiger partial charge in [0.05, 0.1) is 19.3 Å². The quantitative estimate of drug-likeness (QED) is 0.711. The fourth-order valence-corrected chi connectivity index (χ4v) is 2.22. The highest BCUT2D eigenvalue weighted by Crippen LogP contribution is 2.29. The van der Waals surface area contributed by atoms with Gasteiger partial charge in [-0.05, 0) is 17.7 Å². The van der Waals surface area contributed by atoms with E-state index in [0.29, 0.717) is 6.54 Å². The molecule has 2 aromatic rings. The van der Waals surface area contributed by atoms with Crippen molar-refractivity contribution in [2.45, 2.75) is 19.6 Å². The van der Waals surface area contributed by atoms with E-state index < -0.39 is 6.61 Å². The SMILES string of the molecule is COc1cc(Cn2cc(CCBr)nn2)ccc1OC(F)F. The Morgan fingerprint density at radius 2 is 2.14 bits per heavy atom. The Labute approximate surface area is 129 Å². The first kappa shape index (κ1) is 15.7. The summed E-state index contributed by atoms with van der Waals surface area (Å²) in [6.07, 6.45) is 2.64. The molecule has 0 atom stereocenters. The van der Waals surface area contributed by atoms with Gasteiger partial charge in [0.25, 0.3) is 0 Å². The van der Waals surface area contributed by atoms with Crippen molar-refractivity contribution in [3.63, 3.8) is 0 Å². The van der Waals surface area contributed by atoms with Gasteiger partial charge in [0.2, 0.25) is 0 Å². The average molecular weight is 362 g/mol. The fourth-order valence-electron chi connectivity index (χ4n) is 1.82. The van der Waals surface area contributed by atoms with E-state index in [-0.39, 0.29) is 11.5 Å². The molecule has 0 fully saturated rings. The standard InChI is InChI=1S/C13H14BrF2N3O2/c1-20-12-6-9(2-3-11(12)21-13(15)16)7-19-8-10(4-5-14)17-18-19/h2-3,6,8,13H,4-5,7H2,1H3. The summed E-state index contributed by atoms with van der Waals surface area (Å²) in [7, 11) is 1.40. The molecule has 114 valence electrons. The number of methoxy groups -OCH3 is 1. The van der Waals surface area contributed by atoms with Crippen LogP contribution in [0.25, 0.3) is 0 Å². The Morgan fingerprint density at radius 1 is 1.33 bits per heavy atom. The topological polar surface area (TPSA) is 49.2 Å². The molecule has 8 heteroatoms. The monoisotopic (exact) mass is 361 g/mol. The molecular weight excluding hydrogens is 348 g/mol. The van der Waals surface area contributed by atoms with E-state index in [0.717, 1.165) is 23.0 Å². The zero-order chi connectivity index (χ0) is 15.2. The second-order valence-corrected chi connectivity index (χ2v) is 5.00. The van der Waals surface area contributed by atoms with Crippen LogP contribution in [0, 0.1) is 0 Å². The van der Waals surface area contributed by atoms with Gasteiger partial charge >= 0.3 is 6.61 Å². The molecule has 0 radical (unpaired) electrons. The van der Waals surface area contributed by atoms with Crippen molar-refractivity contribution >= 4 is 15.9 Å². The Morgan fingerprint density at radius 3 is 2.81 bits per heavy atom. The van der Waals surface area contributed by atoms with Crippen molar-refractivity contribution in [1.29, 1.82) is 0 Å². The molecule has 1 aromatic carbocycles. The zero-order valence-electron chi connectivity index (χ0n) is 11.3. The first-order valence-electron chi connectivity index (χ1n) is 6.19. The number of alkyl halides is 3. The molecule has 0 bridgehead atoms. The molecule has 0 aliphatic rings. The molecule has 1 heterocycles. The highest BCUT2D eigenvalue weighted by atomic mass is 79.9. The van der Waals surface area contributed by atoms with Crippen molar-refractivity contribution in [3.05, 3.63) is 35.7 Å². The van der Waals surface area contributed by atoms with Crippen LogP contribution in [0.3, 0.4) is 0 Å². The van der Waals surface area contributed by atoms with Gasteiger partial charge in [-0.25, -0.2) is 4.68 Å². The van der Waals surface area contributed by atoms with Crippen LogP contribution in [0.4, 0.5) is 8.78 Å². The van der Waals surface area contributed by atoms with Crippen LogP contribution >= 0.6 is 15.9 Å². The van der Waals surface area contributed by atoms with Crippen LogP contribution in [0.15, 0.2) is 24.4 Å². The third-order valence-electron chi connectivity index (χ3n) is 2.73. The van der Waals surface area contributed by atoms with E-state index >= 15 is 0 Å². The first-order valence-corrected chi connectivity index (χ1v) is 7.31. The molecule has 21 heavy (non-hydrogen) atoms. The first-order chi connectivity index (χ1) is 10.1. The Balaban J connectivity index is 2.12. The van der Waals surface area contributed by atoms with E-state index in [4.69, 9.17) is 4.74 Å². The highest BCUT2D eigenvalue weighted by Gasteiger charge is 2.11. The molecule has 5 nitrogen and oxygen atoms in total. The molecule has 0 spiro atoms. The second kappa shape index (κ2) is 7.35. The molecule has 2 rings (SSSR count). The molecule has 0 unspecified atom stereocenters. The van der Waals surface area contributed by atoms with Crippen LogP contribution in [-0.2, 0) is 13.0 Å². The average Bonchev–Trinajstić information content (AvgIpc) is 2.87. The summed E-state index contributed by atoms with van der Waals surface area (Å²) in [6, 6.07) is 4.78. The predicted octanol–water partition coefficient (Wildman–Crippen LogP) is 2.87. The van der Waals surface area contributed by atoms with Crippen molar-refractivity contribution in [2.24, 2.45) is 0 Å². The maximum absolute atomic E-state index is 12.3. The molecule has 0 aliphatic carbocycles. The number of hydrogen-bond acceptors (Lipinski definition) is 4. The number of benzene rings is 1. The largest absolute Gasteiger partial charge is 0.493 e.